The molecule has 0 aliphatic heterocycles. The summed E-state index contributed by atoms with van der Waals surface area (Å²) in [7, 11) is 0. The van der Waals surface area contributed by atoms with Gasteiger partial charge in [-0.2, -0.15) is 0 Å². The highest BCUT2D eigenvalue weighted by Crippen LogP contribution is 2.06. The maximum Gasteiger partial charge on any atom is 0.276 e. The summed E-state index contributed by atoms with van der Waals surface area (Å²) in [6.07, 6.45) is 4.22. The number of hydrogen-bond acceptors (Lipinski definition) is 4. The zero-order chi connectivity index (χ0) is 12.8. The van der Waals surface area contributed by atoms with Crippen molar-refractivity contribution in [2.45, 2.75) is 13.3 Å². The number of pyridine rings is 1. The van der Waals surface area contributed by atoms with Crippen LogP contribution in [0.25, 0.3) is 0 Å². The number of carbonyl (C=O) groups excluding carboxylic acids is 1. The van der Waals surface area contributed by atoms with Crippen LogP contribution in [0, 0.1) is 0 Å². The highest BCUT2D eigenvalue weighted by molar-refractivity contribution is 6.02. The molecule has 0 fully saturated rings. The fraction of sp³-hybridized carbons (Fsp3) is 0.250. The molecule has 6 nitrogen and oxygen atoms in total. The van der Waals surface area contributed by atoms with Crippen LogP contribution in [0.1, 0.15) is 23.8 Å². The molecule has 0 radical (unpaired) electrons. The minimum absolute atomic E-state index is 0.287. The quantitative estimate of drug-likeness (QED) is 0.751. The fourth-order valence-electron chi connectivity index (χ4n) is 1.42. The van der Waals surface area contributed by atoms with E-state index < -0.39 is 0 Å². The van der Waals surface area contributed by atoms with Crippen LogP contribution >= 0.6 is 0 Å². The summed E-state index contributed by atoms with van der Waals surface area (Å²) in [6.45, 7) is 2.90. The van der Waals surface area contributed by atoms with Crippen molar-refractivity contribution >= 4 is 17.7 Å². The van der Waals surface area contributed by atoms with Gasteiger partial charge in [0.25, 0.3) is 5.91 Å². The third kappa shape index (κ3) is 3.07. The molecule has 0 unspecified atom stereocenters. The van der Waals surface area contributed by atoms with E-state index >= 15 is 0 Å². The van der Waals surface area contributed by atoms with E-state index in [1.54, 1.807) is 24.5 Å². The molecule has 0 aromatic carbocycles. The SMILES string of the molecule is CCCNc1cccc(C(=O)Nc2ncc[nH]2)n1. The van der Waals surface area contributed by atoms with Crippen LogP contribution in [0.4, 0.5) is 11.8 Å². The molecule has 0 saturated carbocycles. The number of carbonyl (C=O) groups is 1. The van der Waals surface area contributed by atoms with Crippen LogP contribution in [0.3, 0.4) is 0 Å². The molecule has 0 aliphatic rings. The highest BCUT2D eigenvalue weighted by atomic mass is 16.2. The summed E-state index contributed by atoms with van der Waals surface area (Å²) < 4.78 is 0. The number of imidazole rings is 1. The summed E-state index contributed by atoms with van der Waals surface area (Å²) in [5, 5.41) is 5.76. The van der Waals surface area contributed by atoms with Gasteiger partial charge in [0.05, 0.1) is 0 Å². The number of amides is 1. The second-order valence-electron chi connectivity index (χ2n) is 3.73. The molecule has 0 spiro atoms. The Bertz CT molecular complexity index is 509. The van der Waals surface area contributed by atoms with Crippen LogP contribution < -0.4 is 10.6 Å². The van der Waals surface area contributed by atoms with E-state index in [2.05, 4.69) is 32.5 Å². The van der Waals surface area contributed by atoms with E-state index in [9.17, 15) is 4.79 Å². The number of hydrogen-bond donors (Lipinski definition) is 3. The van der Waals surface area contributed by atoms with Crippen LogP contribution in [0.15, 0.2) is 30.6 Å². The molecule has 94 valence electrons. The van der Waals surface area contributed by atoms with Crippen molar-refractivity contribution in [2.75, 3.05) is 17.2 Å². The van der Waals surface area contributed by atoms with Crippen molar-refractivity contribution < 1.29 is 4.79 Å². The zero-order valence-corrected chi connectivity index (χ0v) is 10.1. The van der Waals surface area contributed by atoms with Crippen molar-refractivity contribution in [1.29, 1.82) is 0 Å². The molecule has 0 aliphatic carbocycles. The van der Waals surface area contributed by atoms with Gasteiger partial charge in [0.2, 0.25) is 5.95 Å². The van der Waals surface area contributed by atoms with Crippen LogP contribution in [-0.4, -0.2) is 27.4 Å². The molecule has 3 N–H and O–H groups in total. The Balaban J connectivity index is 2.05. The lowest BCUT2D eigenvalue weighted by molar-refractivity contribution is 0.102. The Morgan fingerprint density at radius 3 is 3.06 bits per heavy atom. The third-order valence-electron chi connectivity index (χ3n) is 2.27. The summed E-state index contributed by atoms with van der Waals surface area (Å²) in [4.78, 5) is 22.8. The number of rotatable bonds is 5. The topological polar surface area (TPSA) is 82.7 Å². The average molecular weight is 245 g/mol. The van der Waals surface area contributed by atoms with Crippen molar-refractivity contribution in [3.63, 3.8) is 0 Å². The van der Waals surface area contributed by atoms with Gasteiger partial charge in [-0.3, -0.25) is 10.1 Å². The number of nitrogens with one attached hydrogen (secondary N) is 3. The smallest absolute Gasteiger partial charge is 0.276 e. The Hall–Kier alpha value is -2.37. The van der Waals surface area contributed by atoms with E-state index in [0.29, 0.717) is 17.5 Å². The average Bonchev–Trinajstić information content (AvgIpc) is 2.89. The number of aromatic amines is 1. The minimum Gasteiger partial charge on any atom is -0.370 e. The van der Waals surface area contributed by atoms with Gasteiger partial charge in [-0.15, -0.1) is 0 Å². The first-order valence-corrected chi connectivity index (χ1v) is 5.81. The van der Waals surface area contributed by atoms with E-state index in [1.807, 2.05) is 6.07 Å². The van der Waals surface area contributed by atoms with Gasteiger partial charge < -0.3 is 10.3 Å². The number of aromatic nitrogens is 3. The monoisotopic (exact) mass is 245 g/mol. The molecule has 0 saturated heterocycles. The molecule has 6 heteroatoms. The Labute approximate surface area is 105 Å². The fourth-order valence-corrected chi connectivity index (χ4v) is 1.42. The van der Waals surface area contributed by atoms with Crippen LogP contribution in [0.2, 0.25) is 0 Å². The second-order valence-corrected chi connectivity index (χ2v) is 3.73. The standard InChI is InChI=1S/C12H15N5O/c1-2-6-13-10-5-3-4-9(16-10)11(18)17-12-14-7-8-15-12/h3-5,7-8H,2,6H2,1H3,(H,13,16)(H2,14,15,17,18). The van der Waals surface area contributed by atoms with Crippen LogP contribution in [0.5, 0.6) is 0 Å². The van der Waals surface area contributed by atoms with Crippen molar-refractivity contribution in [3.8, 4) is 0 Å². The molecule has 1 amide bonds. The lowest BCUT2D eigenvalue weighted by atomic mass is 10.3. The Morgan fingerprint density at radius 1 is 1.44 bits per heavy atom. The first-order chi connectivity index (χ1) is 8.79. The maximum absolute atomic E-state index is 11.9. The lowest BCUT2D eigenvalue weighted by Crippen LogP contribution is -2.15. The van der Waals surface area contributed by atoms with Gasteiger partial charge in [-0.25, -0.2) is 9.97 Å². The molecular formula is C12H15N5O. The lowest BCUT2D eigenvalue weighted by Gasteiger charge is -2.06. The minimum atomic E-state index is -0.287. The van der Waals surface area contributed by atoms with Crippen molar-refractivity contribution in [1.82, 2.24) is 15.0 Å². The molecule has 0 atom stereocenters. The first kappa shape index (κ1) is 12.1. The van der Waals surface area contributed by atoms with Gasteiger partial charge in [0.15, 0.2) is 0 Å². The predicted octanol–water partition coefficient (Wildman–Crippen LogP) is 1.88. The molecule has 2 aromatic heterocycles. The summed E-state index contributed by atoms with van der Waals surface area (Å²) in [5.41, 5.74) is 0.354. The molecule has 2 rings (SSSR count). The van der Waals surface area contributed by atoms with Gasteiger partial charge in [-0.05, 0) is 18.6 Å². The predicted molar refractivity (Wildman–Crippen MR) is 69.6 cm³/mol. The van der Waals surface area contributed by atoms with E-state index in [4.69, 9.17) is 0 Å². The summed E-state index contributed by atoms with van der Waals surface area (Å²) >= 11 is 0. The van der Waals surface area contributed by atoms with Crippen LogP contribution in [-0.2, 0) is 0 Å². The normalized spacial score (nSPS) is 10.1. The maximum atomic E-state index is 11.9. The van der Waals surface area contributed by atoms with Gasteiger partial charge in [0, 0.05) is 18.9 Å². The van der Waals surface area contributed by atoms with Gasteiger partial charge in [-0.1, -0.05) is 13.0 Å². The number of nitrogens with zero attached hydrogens (tertiary/aromatic N) is 2. The largest absolute Gasteiger partial charge is 0.370 e. The summed E-state index contributed by atoms with van der Waals surface area (Å²) in [6, 6.07) is 5.29. The van der Waals surface area contributed by atoms with Crippen molar-refractivity contribution in [3.05, 3.63) is 36.3 Å². The van der Waals surface area contributed by atoms with Gasteiger partial charge >= 0.3 is 0 Å². The molecular weight excluding hydrogens is 230 g/mol. The third-order valence-corrected chi connectivity index (χ3v) is 2.27. The van der Waals surface area contributed by atoms with E-state index in [0.717, 1.165) is 13.0 Å². The molecule has 18 heavy (non-hydrogen) atoms. The van der Waals surface area contributed by atoms with Crippen molar-refractivity contribution in [2.24, 2.45) is 0 Å². The Morgan fingerprint density at radius 2 is 2.33 bits per heavy atom. The van der Waals surface area contributed by atoms with Gasteiger partial charge in [0.1, 0.15) is 11.5 Å². The number of anilines is 2. The Kier molecular flexibility index (Phi) is 3.90. The number of H-pyrrole nitrogens is 1. The van der Waals surface area contributed by atoms with E-state index in [-0.39, 0.29) is 5.91 Å². The molecule has 2 aromatic rings. The second kappa shape index (κ2) is 5.81. The molecule has 0 bridgehead atoms. The van der Waals surface area contributed by atoms with E-state index in [1.165, 1.54) is 0 Å². The summed E-state index contributed by atoms with van der Waals surface area (Å²) in [5.74, 6) is 0.822. The molecule has 2 heterocycles. The zero-order valence-electron chi connectivity index (χ0n) is 10.1. The first-order valence-electron chi connectivity index (χ1n) is 5.81. The highest BCUT2D eigenvalue weighted by Gasteiger charge is 2.09.